The van der Waals surface area contributed by atoms with Crippen molar-refractivity contribution in [2.45, 2.75) is 33.3 Å². The first-order valence-electron chi connectivity index (χ1n) is 8.50. The van der Waals surface area contributed by atoms with E-state index < -0.39 is 0 Å². The van der Waals surface area contributed by atoms with Crippen LogP contribution < -0.4 is 10.4 Å². The normalized spacial score (nSPS) is 10.9. The molecule has 0 spiro atoms. The summed E-state index contributed by atoms with van der Waals surface area (Å²) < 4.78 is 21.9. The van der Waals surface area contributed by atoms with Crippen LogP contribution in [0.4, 0.5) is 4.39 Å². The molecule has 0 bridgehead atoms. The Morgan fingerprint density at radius 2 is 2.00 bits per heavy atom. The van der Waals surface area contributed by atoms with Crippen molar-refractivity contribution in [2.24, 2.45) is 7.05 Å². The van der Waals surface area contributed by atoms with E-state index in [-0.39, 0.29) is 18.1 Å². The van der Waals surface area contributed by atoms with E-state index in [0.717, 1.165) is 29.5 Å². The summed E-state index contributed by atoms with van der Waals surface area (Å²) in [4.78, 5) is 12.3. The summed E-state index contributed by atoms with van der Waals surface area (Å²) in [5.74, 6) is 0.131. The SMILES string of the molecule is CCCc1cccc(-n2nnn(C)c2=O)c1COc1cc(F)ccc1C. The molecular weight excluding hydrogens is 335 g/mol. The first-order valence-corrected chi connectivity index (χ1v) is 8.50. The van der Waals surface area contributed by atoms with E-state index in [9.17, 15) is 9.18 Å². The summed E-state index contributed by atoms with van der Waals surface area (Å²) in [5.41, 5.74) is 3.06. The van der Waals surface area contributed by atoms with Crippen LogP contribution in [0, 0.1) is 12.7 Å². The lowest BCUT2D eigenvalue weighted by molar-refractivity contribution is 0.300. The Morgan fingerprint density at radius 3 is 2.69 bits per heavy atom. The van der Waals surface area contributed by atoms with Gasteiger partial charge >= 0.3 is 5.69 Å². The molecule has 3 rings (SSSR count). The Labute approximate surface area is 150 Å². The quantitative estimate of drug-likeness (QED) is 0.681. The number of ether oxygens (including phenoxy) is 1. The number of aryl methyl sites for hydroxylation is 3. The molecule has 0 atom stereocenters. The van der Waals surface area contributed by atoms with Crippen LogP contribution in [0.3, 0.4) is 0 Å². The van der Waals surface area contributed by atoms with E-state index in [1.807, 2.05) is 25.1 Å². The van der Waals surface area contributed by atoms with Gasteiger partial charge in [0.2, 0.25) is 0 Å². The smallest absolute Gasteiger partial charge is 0.368 e. The highest BCUT2D eigenvalue weighted by Crippen LogP contribution is 2.24. The molecule has 7 heteroatoms. The molecule has 0 saturated heterocycles. The summed E-state index contributed by atoms with van der Waals surface area (Å²) >= 11 is 0. The first kappa shape index (κ1) is 17.8. The summed E-state index contributed by atoms with van der Waals surface area (Å²) in [7, 11) is 1.55. The molecule has 0 saturated carbocycles. The topological polar surface area (TPSA) is 61.9 Å². The van der Waals surface area contributed by atoms with Gasteiger partial charge in [0, 0.05) is 18.7 Å². The molecule has 1 heterocycles. The number of benzene rings is 2. The number of tetrazole rings is 1. The molecule has 0 radical (unpaired) electrons. The van der Waals surface area contributed by atoms with E-state index in [1.165, 1.54) is 21.5 Å². The van der Waals surface area contributed by atoms with Gasteiger partial charge in [0.05, 0.1) is 5.69 Å². The highest BCUT2D eigenvalue weighted by atomic mass is 19.1. The van der Waals surface area contributed by atoms with Gasteiger partial charge in [-0.05, 0) is 47.0 Å². The molecule has 0 N–H and O–H groups in total. The van der Waals surface area contributed by atoms with Gasteiger partial charge in [-0.25, -0.2) is 9.18 Å². The highest BCUT2D eigenvalue weighted by Gasteiger charge is 2.15. The average Bonchev–Trinajstić information content (AvgIpc) is 2.95. The third-order valence-electron chi connectivity index (χ3n) is 4.24. The second-order valence-electron chi connectivity index (χ2n) is 6.16. The van der Waals surface area contributed by atoms with E-state index in [2.05, 4.69) is 17.4 Å². The van der Waals surface area contributed by atoms with Crippen molar-refractivity contribution >= 4 is 0 Å². The fourth-order valence-corrected chi connectivity index (χ4v) is 2.83. The Kier molecular flexibility index (Phi) is 5.16. The van der Waals surface area contributed by atoms with Crippen molar-refractivity contribution in [1.82, 2.24) is 19.8 Å². The van der Waals surface area contributed by atoms with E-state index >= 15 is 0 Å². The van der Waals surface area contributed by atoms with Crippen LogP contribution in [0.25, 0.3) is 5.69 Å². The Morgan fingerprint density at radius 1 is 1.19 bits per heavy atom. The van der Waals surface area contributed by atoms with Crippen molar-refractivity contribution in [3.8, 4) is 11.4 Å². The van der Waals surface area contributed by atoms with Crippen LogP contribution in [0.15, 0.2) is 41.2 Å². The van der Waals surface area contributed by atoms with Crippen molar-refractivity contribution in [2.75, 3.05) is 0 Å². The number of aromatic nitrogens is 4. The fourth-order valence-electron chi connectivity index (χ4n) is 2.83. The van der Waals surface area contributed by atoms with Crippen LogP contribution in [0.5, 0.6) is 5.75 Å². The van der Waals surface area contributed by atoms with E-state index in [0.29, 0.717) is 11.4 Å². The Balaban J connectivity index is 2.02. The molecule has 26 heavy (non-hydrogen) atoms. The van der Waals surface area contributed by atoms with Gasteiger partial charge in [-0.2, -0.15) is 9.36 Å². The zero-order valence-electron chi connectivity index (χ0n) is 15.1. The lowest BCUT2D eigenvalue weighted by Gasteiger charge is -2.15. The van der Waals surface area contributed by atoms with Crippen LogP contribution >= 0.6 is 0 Å². The van der Waals surface area contributed by atoms with Crippen LogP contribution in [0.1, 0.15) is 30.0 Å². The summed E-state index contributed by atoms with van der Waals surface area (Å²) in [5, 5.41) is 7.72. The molecule has 1 aromatic heterocycles. The standard InChI is InChI=1S/C19H21FN4O2/c1-4-6-14-7-5-8-17(24-19(25)23(3)21-22-24)16(14)12-26-18-11-15(20)10-9-13(18)2/h5,7-11H,4,6,12H2,1-3H3. The monoisotopic (exact) mass is 356 g/mol. The second kappa shape index (κ2) is 7.51. The van der Waals surface area contributed by atoms with E-state index in [4.69, 9.17) is 4.74 Å². The maximum absolute atomic E-state index is 13.5. The Bertz CT molecular complexity index is 978. The van der Waals surface area contributed by atoms with Crippen molar-refractivity contribution in [3.63, 3.8) is 0 Å². The molecule has 2 aromatic carbocycles. The van der Waals surface area contributed by atoms with Crippen LogP contribution in [0.2, 0.25) is 0 Å². The van der Waals surface area contributed by atoms with E-state index in [1.54, 1.807) is 13.1 Å². The zero-order chi connectivity index (χ0) is 18.7. The molecule has 0 aliphatic heterocycles. The first-order chi connectivity index (χ1) is 12.5. The molecule has 136 valence electrons. The summed E-state index contributed by atoms with van der Waals surface area (Å²) in [6, 6.07) is 10.1. The van der Waals surface area contributed by atoms with Crippen molar-refractivity contribution in [3.05, 3.63) is 69.4 Å². The second-order valence-corrected chi connectivity index (χ2v) is 6.16. The molecule has 0 aliphatic carbocycles. The minimum absolute atomic E-state index is 0.207. The van der Waals surface area contributed by atoms with Gasteiger partial charge in [-0.15, -0.1) is 0 Å². The summed E-state index contributed by atoms with van der Waals surface area (Å²) in [6.07, 6.45) is 1.79. The molecule has 0 unspecified atom stereocenters. The minimum Gasteiger partial charge on any atom is -0.488 e. The summed E-state index contributed by atoms with van der Waals surface area (Å²) in [6.45, 7) is 4.15. The van der Waals surface area contributed by atoms with Crippen molar-refractivity contribution in [1.29, 1.82) is 0 Å². The maximum Gasteiger partial charge on any atom is 0.368 e. The molecule has 0 aliphatic rings. The minimum atomic E-state index is -0.349. The molecule has 3 aromatic rings. The zero-order valence-corrected chi connectivity index (χ0v) is 15.1. The van der Waals surface area contributed by atoms with Gasteiger partial charge in [0.25, 0.3) is 0 Å². The molecule has 0 amide bonds. The number of hydrogen-bond donors (Lipinski definition) is 0. The predicted octanol–water partition coefficient (Wildman–Crippen LogP) is 2.95. The van der Waals surface area contributed by atoms with Crippen LogP contribution in [-0.2, 0) is 20.1 Å². The van der Waals surface area contributed by atoms with Crippen LogP contribution in [-0.4, -0.2) is 19.8 Å². The number of nitrogens with zero attached hydrogens (tertiary/aromatic N) is 4. The highest BCUT2D eigenvalue weighted by molar-refractivity contribution is 5.45. The third-order valence-corrected chi connectivity index (χ3v) is 4.24. The molecular formula is C19H21FN4O2. The molecule has 6 nitrogen and oxygen atoms in total. The van der Waals surface area contributed by atoms with Gasteiger partial charge in [-0.3, -0.25) is 0 Å². The maximum atomic E-state index is 13.5. The average molecular weight is 356 g/mol. The lowest BCUT2D eigenvalue weighted by atomic mass is 10.0. The Hall–Kier alpha value is -2.96. The predicted molar refractivity (Wildman–Crippen MR) is 96.1 cm³/mol. The fraction of sp³-hybridized carbons (Fsp3) is 0.316. The third kappa shape index (κ3) is 3.51. The van der Waals surface area contributed by atoms with Crippen molar-refractivity contribution < 1.29 is 9.13 Å². The van der Waals surface area contributed by atoms with Gasteiger partial charge in [0.1, 0.15) is 18.2 Å². The lowest BCUT2D eigenvalue weighted by Crippen LogP contribution is -2.23. The largest absolute Gasteiger partial charge is 0.488 e. The van der Waals surface area contributed by atoms with Gasteiger partial charge < -0.3 is 4.74 Å². The number of halogens is 1. The number of rotatable bonds is 6. The number of hydrogen-bond acceptors (Lipinski definition) is 4. The van der Waals surface area contributed by atoms with Gasteiger partial charge in [-0.1, -0.05) is 31.5 Å². The molecule has 0 fully saturated rings. The van der Waals surface area contributed by atoms with Gasteiger partial charge in [0.15, 0.2) is 0 Å².